The Balaban J connectivity index is 1.98. The van der Waals surface area contributed by atoms with Crippen molar-refractivity contribution in [1.29, 1.82) is 0 Å². The van der Waals surface area contributed by atoms with E-state index >= 15 is 0 Å². The van der Waals surface area contributed by atoms with Crippen LogP contribution in [0.1, 0.15) is 36.0 Å². The van der Waals surface area contributed by atoms with Crippen molar-refractivity contribution in [3.05, 3.63) is 58.7 Å². The van der Waals surface area contributed by atoms with E-state index in [-0.39, 0.29) is 5.78 Å². The fraction of sp³-hybridized carbons (Fsp3) is 0.267. The van der Waals surface area contributed by atoms with Crippen LogP contribution >= 0.6 is 11.6 Å². The Labute approximate surface area is 107 Å². The van der Waals surface area contributed by atoms with Crippen LogP contribution in [0.3, 0.4) is 0 Å². The second-order valence-electron chi connectivity index (χ2n) is 4.26. The van der Waals surface area contributed by atoms with Crippen LogP contribution in [0.15, 0.2) is 48.1 Å². The van der Waals surface area contributed by atoms with Gasteiger partial charge < -0.3 is 0 Å². The zero-order chi connectivity index (χ0) is 12.1. The quantitative estimate of drug-likeness (QED) is 0.564. The number of carbonyl (C=O) groups excluding carboxylic acids is 1. The fourth-order valence-electron chi connectivity index (χ4n) is 1.98. The van der Waals surface area contributed by atoms with Crippen molar-refractivity contribution in [2.75, 3.05) is 0 Å². The highest BCUT2D eigenvalue weighted by atomic mass is 35.5. The van der Waals surface area contributed by atoms with Crippen LogP contribution in [0.4, 0.5) is 0 Å². The first-order chi connectivity index (χ1) is 8.25. The molecule has 1 fully saturated rings. The van der Waals surface area contributed by atoms with Crippen LogP contribution in [0.2, 0.25) is 5.02 Å². The third kappa shape index (κ3) is 3.57. The molecule has 0 aromatic heterocycles. The zero-order valence-electron chi connectivity index (χ0n) is 9.66. The molecule has 0 atom stereocenters. The average Bonchev–Trinajstić information content (AvgIpc) is 2.83. The number of benzene rings is 1. The Morgan fingerprint density at radius 2 is 1.76 bits per heavy atom. The summed E-state index contributed by atoms with van der Waals surface area (Å²) in [5.74, 6) is 0.0245. The molecule has 0 unspecified atom stereocenters. The van der Waals surface area contributed by atoms with E-state index in [4.69, 9.17) is 11.6 Å². The van der Waals surface area contributed by atoms with E-state index in [2.05, 4.69) is 6.08 Å². The lowest BCUT2D eigenvalue weighted by molar-refractivity contribution is 0.104. The number of hydrogen-bond donors (Lipinski definition) is 0. The van der Waals surface area contributed by atoms with E-state index in [0.29, 0.717) is 10.6 Å². The Hall–Kier alpha value is -1.34. The Kier molecular flexibility index (Phi) is 4.16. The van der Waals surface area contributed by atoms with E-state index in [1.54, 1.807) is 30.3 Å². The molecule has 1 aromatic carbocycles. The molecule has 0 radical (unpaired) electrons. The molecular formula is C15H15ClO. The van der Waals surface area contributed by atoms with E-state index < -0.39 is 0 Å². The van der Waals surface area contributed by atoms with Crippen molar-refractivity contribution in [2.24, 2.45) is 0 Å². The van der Waals surface area contributed by atoms with E-state index in [9.17, 15) is 4.79 Å². The summed E-state index contributed by atoms with van der Waals surface area (Å²) in [5.41, 5.74) is 2.13. The maximum Gasteiger partial charge on any atom is 0.185 e. The number of hydrogen-bond acceptors (Lipinski definition) is 1. The first kappa shape index (κ1) is 12.1. The molecule has 17 heavy (non-hydrogen) atoms. The molecule has 0 N–H and O–H groups in total. The summed E-state index contributed by atoms with van der Waals surface area (Å²) in [6.07, 6.45) is 10.5. The van der Waals surface area contributed by atoms with Crippen molar-refractivity contribution >= 4 is 17.4 Å². The first-order valence-electron chi connectivity index (χ1n) is 5.92. The number of halogens is 1. The lowest BCUT2D eigenvalue weighted by Gasteiger charge is -1.95. The number of carbonyl (C=O) groups is 1. The highest BCUT2D eigenvalue weighted by Gasteiger charge is 2.04. The molecule has 88 valence electrons. The van der Waals surface area contributed by atoms with Gasteiger partial charge in [-0.3, -0.25) is 4.79 Å². The second kappa shape index (κ2) is 5.83. The highest BCUT2D eigenvalue weighted by molar-refractivity contribution is 6.30. The first-order valence-corrected chi connectivity index (χ1v) is 6.29. The molecule has 1 aromatic rings. The average molecular weight is 247 g/mol. The van der Waals surface area contributed by atoms with Gasteiger partial charge in [0.15, 0.2) is 5.78 Å². The summed E-state index contributed by atoms with van der Waals surface area (Å²) < 4.78 is 0. The highest BCUT2D eigenvalue weighted by Crippen LogP contribution is 2.23. The molecule has 0 amide bonds. The van der Waals surface area contributed by atoms with E-state index in [1.165, 1.54) is 31.3 Å². The smallest absolute Gasteiger partial charge is 0.185 e. The predicted octanol–water partition coefficient (Wildman–Crippen LogP) is 4.58. The second-order valence-corrected chi connectivity index (χ2v) is 4.70. The molecule has 2 heteroatoms. The zero-order valence-corrected chi connectivity index (χ0v) is 10.4. The normalized spacial score (nSPS) is 15.5. The summed E-state index contributed by atoms with van der Waals surface area (Å²) in [4.78, 5) is 11.8. The molecule has 2 rings (SSSR count). The number of ketones is 1. The maximum absolute atomic E-state index is 11.8. The van der Waals surface area contributed by atoms with Gasteiger partial charge in [-0.15, -0.1) is 0 Å². The summed E-state index contributed by atoms with van der Waals surface area (Å²) >= 11 is 5.77. The largest absolute Gasteiger partial charge is 0.289 e. The fourth-order valence-corrected chi connectivity index (χ4v) is 2.10. The third-order valence-electron chi connectivity index (χ3n) is 2.95. The SMILES string of the molecule is O=C(/C=C/C=C1CCCC1)c1ccc(Cl)cc1. The van der Waals surface area contributed by atoms with Crippen LogP contribution in [-0.4, -0.2) is 5.78 Å². The minimum atomic E-state index is 0.0245. The van der Waals surface area contributed by atoms with Gasteiger partial charge in [-0.1, -0.05) is 29.3 Å². The van der Waals surface area contributed by atoms with Crippen molar-refractivity contribution in [3.8, 4) is 0 Å². The molecule has 0 saturated heterocycles. The minimum Gasteiger partial charge on any atom is -0.289 e. The van der Waals surface area contributed by atoms with Crippen LogP contribution in [0.25, 0.3) is 0 Å². The van der Waals surface area contributed by atoms with Gasteiger partial charge in [-0.25, -0.2) is 0 Å². The molecule has 0 bridgehead atoms. The Morgan fingerprint density at radius 3 is 2.41 bits per heavy atom. The lowest BCUT2D eigenvalue weighted by atomic mass is 10.1. The van der Waals surface area contributed by atoms with Gasteiger partial charge in [0.2, 0.25) is 0 Å². The van der Waals surface area contributed by atoms with Gasteiger partial charge >= 0.3 is 0 Å². The summed E-state index contributed by atoms with van der Waals surface area (Å²) in [6.45, 7) is 0. The molecule has 1 aliphatic rings. The van der Waals surface area contributed by atoms with Crippen molar-refractivity contribution in [2.45, 2.75) is 25.7 Å². The minimum absolute atomic E-state index is 0.0245. The van der Waals surface area contributed by atoms with Crippen LogP contribution in [0, 0.1) is 0 Å². The topological polar surface area (TPSA) is 17.1 Å². The van der Waals surface area contributed by atoms with E-state index in [0.717, 1.165) is 0 Å². The number of rotatable bonds is 3. The molecule has 0 spiro atoms. The van der Waals surface area contributed by atoms with Gasteiger partial charge in [0.1, 0.15) is 0 Å². The lowest BCUT2D eigenvalue weighted by Crippen LogP contribution is -1.92. The van der Waals surface area contributed by atoms with Gasteiger partial charge in [0, 0.05) is 10.6 Å². The van der Waals surface area contributed by atoms with Crippen molar-refractivity contribution < 1.29 is 4.79 Å². The summed E-state index contributed by atoms with van der Waals surface area (Å²) in [6, 6.07) is 6.96. The molecule has 1 saturated carbocycles. The molecule has 1 aliphatic carbocycles. The third-order valence-corrected chi connectivity index (χ3v) is 3.21. The standard InChI is InChI=1S/C15H15ClO/c16-14-10-8-13(9-11-14)15(17)7-3-6-12-4-1-2-5-12/h3,6-11H,1-2,4-5H2/b7-3+. The molecule has 1 nitrogen and oxygen atoms in total. The summed E-state index contributed by atoms with van der Waals surface area (Å²) in [5, 5.41) is 0.651. The van der Waals surface area contributed by atoms with E-state index in [1.807, 2.05) is 6.08 Å². The van der Waals surface area contributed by atoms with Crippen LogP contribution in [-0.2, 0) is 0 Å². The Bertz CT molecular complexity index is 446. The van der Waals surface area contributed by atoms with Gasteiger partial charge in [-0.2, -0.15) is 0 Å². The van der Waals surface area contributed by atoms with Crippen LogP contribution in [0.5, 0.6) is 0 Å². The van der Waals surface area contributed by atoms with Crippen molar-refractivity contribution in [3.63, 3.8) is 0 Å². The number of allylic oxidation sites excluding steroid dienone is 4. The maximum atomic E-state index is 11.8. The van der Waals surface area contributed by atoms with Crippen LogP contribution < -0.4 is 0 Å². The van der Waals surface area contributed by atoms with Gasteiger partial charge in [-0.05, 0) is 56.0 Å². The Morgan fingerprint density at radius 1 is 1.12 bits per heavy atom. The summed E-state index contributed by atoms with van der Waals surface area (Å²) in [7, 11) is 0. The molecule has 0 heterocycles. The molecule has 0 aliphatic heterocycles. The monoisotopic (exact) mass is 246 g/mol. The molecular weight excluding hydrogens is 232 g/mol. The van der Waals surface area contributed by atoms with Crippen molar-refractivity contribution in [1.82, 2.24) is 0 Å². The van der Waals surface area contributed by atoms with Gasteiger partial charge in [0.05, 0.1) is 0 Å². The predicted molar refractivity (Wildman–Crippen MR) is 71.5 cm³/mol. The van der Waals surface area contributed by atoms with Gasteiger partial charge in [0.25, 0.3) is 0 Å².